The first kappa shape index (κ1) is 20.6. The molecule has 0 amide bonds. The molecule has 23 heavy (non-hydrogen) atoms. The molecule has 3 rings (SSSR count). The summed E-state index contributed by atoms with van der Waals surface area (Å²) >= 11 is 0. The van der Waals surface area contributed by atoms with Crippen LogP contribution in [-0.4, -0.2) is 31.1 Å². The van der Waals surface area contributed by atoms with Crippen molar-refractivity contribution < 1.29 is 8.78 Å². The zero-order chi connectivity index (χ0) is 14.7. The van der Waals surface area contributed by atoms with E-state index in [0.717, 1.165) is 39.0 Å². The van der Waals surface area contributed by atoms with E-state index in [1.165, 1.54) is 37.5 Å². The lowest BCUT2D eigenvalue weighted by atomic mass is 9.80. The second kappa shape index (κ2) is 9.77. The molecule has 1 aliphatic carbocycles. The highest BCUT2D eigenvalue weighted by atomic mass is 35.5. The van der Waals surface area contributed by atoms with Crippen molar-refractivity contribution in [2.75, 3.05) is 26.2 Å². The molecule has 1 atom stereocenters. The van der Waals surface area contributed by atoms with Crippen LogP contribution in [0.15, 0.2) is 18.2 Å². The Bertz CT molecular complexity index is 437. The summed E-state index contributed by atoms with van der Waals surface area (Å²) in [6.45, 7) is 3.54. The topological polar surface area (TPSA) is 15.3 Å². The zero-order valence-electron chi connectivity index (χ0n) is 13.3. The number of nitrogens with one attached hydrogen (secondary N) is 1. The molecule has 2 aliphatic rings. The van der Waals surface area contributed by atoms with Crippen molar-refractivity contribution in [3.05, 3.63) is 35.4 Å². The third-order valence-electron chi connectivity index (χ3n) is 4.94. The molecular formula is C17H26Cl2F2N2. The Labute approximate surface area is 149 Å². The maximum absolute atomic E-state index is 14.3. The van der Waals surface area contributed by atoms with Crippen molar-refractivity contribution in [3.63, 3.8) is 0 Å². The van der Waals surface area contributed by atoms with Crippen molar-refractivity contribution in [2.45, 2.75) is 38.1 Å². The number of nitrogens with zero attached hydrogens (tertiary/aromatic N) is 1. The van der Waals surface area contributed by atoms with Crippen LogP contribution < -0.4 is 5.32 Å². The molecule has 0 bridgehead atoms. The summed E-state index contributed by atoms with van der Waals surface area (Å²) in [6, 6.07) is 4.16. The predicted octanol–water partition coefficient (Wildman–Crippen LogP) is 4.34. The van der Waals surface area contributed by atoms with Gasteiger partial charge in [0.15, 0.2) is 0 Å². The van der Waals surface area contributed by atoms with Gasteiger partial charge < -0.3 is 5.32 Å². The van der Waals surface area contributed by atoms with E-state index >= 15 is 0 Å². The van der Waals surface area contributed by atoms with Gasteiger partial charge in [0.25, 0.3) is 0 Å². The summed E-state index contributed by atoms with van der Waals surface area (Å²) in [6.07, 6.45) is 5.79. The highest BCUT2D eigenvalue weighted by molar-refractivity contribution is 5.85. The number of halogens is 4. The molecule has 1 aliphatic heterocycles. The summed E-state index contributed by atoms with van der Waals surface area (Å²) in [5.74, 6) is -0.392. The summed E-state index contributed by atoms with van der Waals surface area (Å²) in [5, 5.41) is 3.32. The lowest BCUT2D eigenvalue weighted by Gasteiger charge is -2.41. The van der Waals surface area contributed by atoms with Gasteiger partial charge in [-0.05, 0) is 30.9 Å². The maximum Gasteiger partial charge on any atom is 0.130 e. The van der Waals surface area contributed by atoms with Crippen LogP contribution in [-0.2, 0) is 0 Å². The molecule has 132 valence electrons. The minimum absolute atomic E-state index is 0. The fraction of sp³-hybridized carbons (Fsp3) is 0.647. The summed E-state index contributed by atoms with van der Waals surface area (Å²) in [4.78, 5) is 2.29. The van der Waals surface area contributed by atoms with Gasteiger partial charge in [-0.2, -0.15) is 0 Å². The van der Waals surface area contributed by atoms with Gasteiger partial charge in [-0.15, -0.1) is 24.8 Å². The second-order valence-corrected chi connectivity index (χ2v) is 6.26. The Kier molecular flexibility index (Phi) is 8.76. The van der Waals surface area contributed by atoms with Crippen LogP contribution in [0.1, 0.15) is 43.7 Å². The van der Waals surface area contributed by atoms with Crippen LogP contribution in [0.2, 0.25) is 0 Å². The fourth-order valence-corrected chi connectivity index (χ4v) is 3.92. The third kappa shape index (κ3) is 4.79. The van der Waals surface area contributed by atoms with E-state index in [-0.39, 0.29) is 42.5 Å². The second-order valence-electron chi connectivity index (χ2n) is 6.26. The van der Waals surface area contributed by atoms with E-state index in [2.05, 4.69) is 10.2 Å². The van der Waals surface area contributed by atoms with Crippen LogP contribution in [0.5, 0.6) is 0 Å². The van der Waals surface area contributed by atoms with Crippen LogP contribution in [0.3, 0.4) is 0 Å². The molecular weight excluding hydrogens is 341 g/mol. The number of hydrogen-bond acceptors (Lipinski definition) is 2. The Morgan fingerprint density at radius 3 is 2.09 bits per heavy atom. The maximum atomic E-state index is 14.3. The van der Waals surface area contributed by atoms with Crippen molar-refractivity contribution in [1.29, 1.82) is 0 Å². The molecule has 1 aromatic rings. The van der Waals surface area contributed by atoms with Gasteiger partial charge in [0.1, 0.15) is 11.6 Å². The van der Waals surface area contributed by atoms with E-state index in [4.69, 9.17) is 0 Å². The molecule has 1 aromatic carbocycles. The Balaban J connectivity index is 0.00000132. The normalized spacial score (nSPS) is 21.1. The minimum Gasteiger partial charge on any atom is -0.314 e. The van der Waals surface area contributed by atoms with Gasteiger partial charge in [0.05, 0.1) is 0 Å². The standard InChI is InChI=1S/C17H24F2N2.2ClH/c18-14-7-4-8-15(19)16(14)17(13-5-2-1-3-6-13)21-11-9-20-10-12-21;;/h4,7-8,13,17,20H,1-3,5-6,9-12H2;2*1H/t17-;;/m1../s1. The summed E-state index contributed by atoms with van der Waals surface area (Å²) in [7, 11) is 0. The largest absolute Gasteiger partial charge is 0.314 e. The quantitative estimate of drug-likeness (QED) is 0.855. The summed E-state index contributed by atoms with van der Waals surface area (Å²) in [5.41, 5.74) is 0.298. The minimum atomic E-state index is -0.385. The molecule has 1 saturated heterocycles. The number of benzene rings is 1. The fourth-order valence-electron chi connectivity index (χ4n) is 3.92. The molecule has 0 unspecified atom stereocenters. The van der Waals surface area contributed by atoms with Crippen molar-refractivity contribution >= 4 is 24.8 Å². The first-order valence-corrected chi connectivity index (χ1v) is 8.16. The lowest BCUT2D eigenvalue weighted by Crippen LogP contribution is -2.47. The Morgan fingerprint density at radius 2 is 1.52 bits per heavy atom. The van der Waals surface area contributed by atoms with E-state index in [1.807, 2.05) is 0 Å². The lowest BCUT2D eigenvalue weighted by molar-refractivity contribution is 0.0976. The highest BCUT2D eigenvalue weighted by Gasteiger charge is 2.34. The monoisotopic (exact) mass is 366 g/mol. The highest BCUT2D eigenvalue weighted by Crippen LogP contribution is 2.40. The molecule has 2 fully saturated rings. The average molecular weight is 367 g/mol. The number of rotatable bonds is 3. The van der Waals surface area contributed by atoms with Gasteiger partial charge in [0, 0.05) is 37.8 Å². The first-order valence-electron chi connectivity index (χ1n) is 8.16. The molecule has 0 spiro atoms. The van der Waals surface area contributed by atoms with Crippen LogP contribution in [0.25, 0.3) is 0 Å². The van der Waals surface area contributed by atoms with E-state index in [9.17, 15) is 8.78 Å². The van der Waals surface area contributed by atoms with E-state index < -0.39 is 0 Å². The van der Waals surface area contributed by atoms with Crippen LogP contribution in [0, 0.1) is 17.6 Å². The third-order valence-corrected chi connectivity index (χ3v) is 4.94. The SMILES string of the molecule is Cl.Cl.Fc1cccc(F)c1[C@@H](C1CCCCC1)N1CCNCC1. The molecule has 0 radical (unpaired) electrons. The van der Waals surface area contributed by atoms with Gasteiger partial charge in [0.2, 0.25) is 0 Å². The van der Waals surface area contributed by atoms with Crippen LogP contribution in [0.4, 0.5) is 8.78 Å². The molecule has 6 heteroatoms. The van der Waals surface area contributed by atoms with Gasteiger partial charge in [-0.25, -0.2) is 8.78 Å². The molecule has 1 N–H and O–H groups in total. The van der Waals surface area contributed by atoms with E-state index in [0.29, 0.717) is 11.5 Å². The molecule has 1 heterocycles. The van der Waals surface area contributed by atoms with Gasteiger partial charge >= 0.3 is 0 Å². The number of hydrogen-bond donors (Lipinski definition) is 1. The van der Waals surface area contributed by atoms with Gasteiger partial charge in [-0.3, -0.25) is 4.90 Å². The smallest absolute Gasteiger partial charge is 0.130 e. The van der Waals surface area contributed by atoms with Crippen molar-refractivity contribution in [3.8, 4) is 0 Å². The molecule has 0 aromatic heterocycles. The number of piperazine rings is 1. The van der Waals surface area contributed by atoms with Crippen LogP contribution >= 0.6 is 24.8 Å². The van der Waals surface area contributed by atoms with E-state index in [1.54, 1.807) is 0 Å². The zero-order valence-corrected chi connectivity index (χ0v) is 14.9. The molecule has 2 nitrogen and oxygen atoms in total. The Morgan fingerprint density at radius 1 is 0.957 bits per heavy atom. The average Bonchev–Trinajstić information content (AvgIpc) is 2.53. The van der Waals surface area contributed by atoms with Crippen molar-refractivity contribution in [2.24, 2.45) is 5.92 Å². The van der Waals surface area contributed by atoms with Gasteiger partial charge in [-0.1, -0.05) is 25.3 Å². The molecule has 1 saturated carbocycles. The first-order chi connectivity index (χ1) is 10.3. The van der Waals surface area contributed by atoms with Crippen molar-refractivity contribution in [1.82, 2.24) is 10.2 Å². The Hall–Kier alpha value is -0.420. The summed E-state index contributed by atoms with van der Waals surface area (Å²) < 4.78 is 28.7. The predicted molar refractivity (Wildman–Crippen MR) is 94.6 cm³/mol.